The van der Waals surface area contributed by atoms with Gasteiger partial charge < -0.3 is 20.5 Å². The van der Waals surface area contributed by atoms with Crippen molar-refractivity contribution >= 4 is 23.0 Å². The molecule has 2 aromatic rings. The molecule has 4 rings (SSSR count). The third-order valence-electron chi connectivity index (χ3n) is 8.35. The minimum Gasteiger partial charge on any atom is -0.450 e. The predicted octanol–water partition coefficient (Wildman–Crippen LogP) is 2.88. The largest absolute Gasteiger partial charge is 0.450 e. The Morgan fingerprint density at radius 2 is 1.84 bits per heavy atom. The van der Waals surface area contributed by atoms with Crippen molar-refractivity contribution in [2.24, 2.45) is 29.4 Å². The first-order valence-electron chi connectivity index (χ1n) is 14.0. The summed E-state index contributed by atoms with van der Waals surface area (Å²) < 4.78 is 7.98. The number of piperazine rings is 1. The van der Waals surface area contributed by atoms with Gasteiger partial charge in [-0.2, -0.15) is 0 Å². The third kappa shape index (κ3) is 5.53. The van der Waals surface area contributed by atoms with Crippen LogP contribution in [0.2, 0.25) is 0 Å². The highest BCUT2D eigenvalue weighted by molar-refractivity contribution is 5.92. The van der Waals surface area contributed by atoms with Gasteiger partial charge in [0.05, 0.1) is 17.6 Å². The van der Waals surface area contributed by atoms with E-state index in [9.17, 15) is 19.5 Å². The lowest BCUT2D eigenvalue weighted by Crippen LogP contribution is -2.49. The molecule has 1 saturated carbocycles. The third-order valence-corrected chi connectivity index (χ3v) is 8.35. The molecule has 1 aromatic heterocycles. The van der Waals surface area contributed by atoms with E-state index in [4.69, 9.17) is 10.5 Å². The summed E-state index contributed by atoms with van der Waals surface area (Å²) in [7, 11) is 0. The Morgan fingerprint density at radius 1 is 1.13 bits per heavy atom. The van der Waals surface area contributed by atoms with Gasteiger partial charge in [0.2, 0.25) is 5.91 Å². The standard InChI is InChI=1S/C28H43N5O5/c1-5-38-28(37)31-14-12-30(13-15-31)25(34)20-7-9-23-24(17-20)32(11-10-29)27(36)33(23)26(35)22-16-19(4)6-8-21(22)18(2)3/h7,9,17-19,21-22,25,34H,5-6,8,10-16,29H2,1-4H3/t19-,21+,22-,25+/m1/s1. The summed E-state index contributed by atoms with van der Waals surface area (Å²) in [5.41, 5.74) is 7.26. The molecule has 2 fully saturated rings. The molecule has 1 aromatic carbocycles. The van der Waals surface area contributed by atoms with Crippen molar-refractivity contribution in [2.45, 2.75) is 59.7 Å². The van der Waals surface area contributed by atoms with E-state index in [2.05, 4.69) is 20.8 Å². The molecule has 2 aliphatic rings. The maximum atomic E-state index is 13.9. The molecule has 3 N–H and O–H groups in total. The molecule has 1 amide bonds. The van der Waals surface area contributed by atoms with E-state index in [1.807, 2.05) is 4.90 Å². The number of hydrogen-bond donors (Lipinski definition) is 2. The van der Waals surface area contributed by atoms with Gasteiger partial charge in [0.25, 0.3) is 0 Å². The number of aliphatic hydroxyl groups excluding tert-OH is 1. The van der Waals surface area contributed by atoms with Crippen LogP contribution in [0, 0.1) is 23.7 Å². The van der Waals surface area contributed by atoms with Crippen molar-refractivity contribution < 1.29 is 19.4 Å². The molecule has 1 aliphatic heterocycles. The molecule has 0 unspecified atom stereocenters. The molecule has 4 atom stereocenters. The predicted molar refractivity (Wildman–Crippen MR) is 146 cm³/mol. The molecular weight excluding hydrogens is 486 g/mol. The quantitative estimate of drug-likeness (QED) is 0.565. The number of fused-ring (bicyclic) bond motifs is 1. The molecular formula is C28H43N5O5. The number of nitrogens with zero attached hydrogens (tertiary/aromatic N) is 4. The summed E-state index contributed by atoms with van der Waals surface area (Å²) in [6.07, 6.45) is 1.63. The molecule has 0 spiro atoms. The van der Waals surface area contributed by atoms with E-state index >= 15 is 0 Å². The van der Waals surface area contributed by atoms with Gasteiger partial charge in [-0.05, 0) is 55.2 Å². The fourth-order valence-corrected chi connectivity index (χ4v) is 6.22. The van der Waals surface area contributed by atoms with E-state index in [0.29, 0.717) is 61.2 Å². The van der Waals surface area contributed by atoms with Crippen LogP contribution in [0.4, 0.5) is 4.79 Å². The Balaban J connectivity index is 1.64. The normalized spacial score (nSPS) is 23.7. The average Bonchev–Trinajstić information content (AvgIpc) is 3.18. The van der Waals surface area contributed by atoms with Crippen LogP contribution in [-0.4, -0.2) is 75.4 Å². The SMILES string of the molecule is CCOC(=O)N1CCN([C@@H](O)c2ccc3c(c2)n(CCN)c(=O)n3C(=O)[C@@H]2C[C@H](C)CC[C@H]2C(C)C)CC1. The highest BCUT2D eigenvalue weighted by Gasteiger charge is 2.38. The number of aliphatic hydroxyl groups is 1. The fourth-order valence-electron chi connectivity index (χ4n) is 6.22. The molecule has 2 heterocycles. The van der Waals surface area contributed by atoms with Gasteiger partial charge in [-0.3, -0.25) is 14.3 Å². The van der Waals surface area contributed by atoms with Crippen molar-refractivity contribution in [3.05, 3.63) is 34.2 Å². The molecule has 10 heteroatoms. The Morgan fingerprint density at radius 3 is 2.47 bits per heavy atom. The second kappa shape index (κ2) is 12.0. The first kappa shape index (κ1) is 28.3. The van der Waals surface area contributed by atoms with Crippen molar-refractivity contribution in [3.8, 4) is 0 Å². The summed E-state index contributed by atoms with van der Waals surface area (Å²) >= 11 is 0. The van der Waals surface area contributed by atoms with E-state index < -0.39 is 6.23 Å². The van der Waals surface area contributed by atoms with Crippen molar-refractivity contribution in [2.75, 3.05) is 39.3 Å². The fraction of sp³-hybridized carbons (Fsp3) is 0.679. The smallest absolute Gasteiger partial charge is 0.409 e. The van der Waals surface area contributed by atoms with Crippen molar-refractivity contribution in [3.63, 3.8) is 0 Å². The first-order valence-corrected chi connectivity index (χ1v) is 14.0. The summed E-state index contributed by atoms with van der Waals surface area (Å²) in [6.45, 7) is 11.0. The lowest BCUT2D eigenvalue weighted by molar-refractivity contribution is -0.0264. The van der Waals surface area contributed by atoms with Gasteiger partial charge in [0.15, 0.2) is 0 Å². The maximum absolute atomic E-state index is 13.9. The summed E-state index contributed by atoms with van der Waals surface area (Å²) in [5.74, 6) is 0.709. The second-order valence-corrected chi connectivity index (χ2v) is 11.2. The first-order chi connectivity index (χ1) is 18.2. The number of imidazole rings is 1. The number of carbonyl (C=O) groups is 2. The highest BCUT2D eigenvalue weighted by Crippen LogP contribution is 2.39. The van der Waals surface area contributed by atoms with E-state index in [-0.39, 0.29) is 42.6 Å². The van der Waals surface area contributed by atoms with Gasteiger partial charge >= 0.3 is 11.8 Å². The van der Waals surface area contributed by atoms with Gasteiger partial charge in [-0.1, -0.05) is 33.3 Å². The van der Waals surface area contributed by atoms with Crippen molar-refractivity contribution in [1.29, 1.82) is 0 Å². The van der Waals surface area contributed by atoms with Crippen LogP contribution in [-0.2, 0) is 11.3 Å². The Hall–Kier alpha value is -2.69. The molecule has 10 nitrogen and oxygen atoms in total. The topological polar surface area (TPSA) is 123 Å². The highest BCUT2D eigenvalue weighted by atomic mass is 16.6. The number of ether oxygens (including phenoxy) is 1. The van der Waals surface area contributed by atoms with Gasteiger partial charge in [0.1, 0.15) is 6.23 Å². The van der Waals surface area contributed by atoms with Crippen LogP contribution < -0.4 is 11.4 Å². The van der Waals surface area contributed by atoms with Gasteiger partial charge in [-0.25, -0.2) is 14.2 Å². The number of benzene rings is 1. The maximum Gasteiger partial charge on any atom is 0.409 e. The molecule has 210 valence electrons. The van der Waals surface area contributed by atoms with Crippen LogP contribution in [0.5, 0.6) is 0 Å². The summed E-state index contributed by atoms with van der Waals surface area (Å²) in [6, 6.07) is 5.35. The number of aromatic nitrogens is 2. The van der Waals surface area contributed by atoms with E-state index in [1.54, 1.807) is 34.6 Å². The monoisotopic (exact) mass is 529 g/mol. The van der Waals surface area contributed by atoms with Crippen LogP contribution in [0.25, 0.3) is 11.0 Å². The second-order valence-electron chi connectivity index (χ2n) is 11.2. The zero-order valence-electron chi connectivity index (χ0n) is 23.1. The van der Waals surface area contributed by atoms with Crippen LogP contribution in [0.15, 0.2) is 23.0 Å². The van der Waals surface area contributed by atoms with Crippen LogP contribution >= 0.6 is 0 Å². The molecule has 38 heavy (non-hydrogen) atoms. The molecule has 0 radical (unpaired) electrons. The number of hydrogen-bond acceptors (Lipinski definition) is 7. The van der Waals surface area contributed by atoms with E-state index in [0.717, 1.165) is 19.3 Å². The average molecular weight is 530 g/mol. The molecule has 1 saturated heterocycles. The lowest BCUT2D eigenvalue weighted by atomic mass is 9.69. The van der Waals surface area contributed by atoms with Gasteiger partial charge in [-0.15, -0.1) is 0 Å². The minimum absolute atomic E-state index is 0.135. The van der Waals surface area contributed by atoms with Gasteiger partial charge in [0, 0.05) is 45.2 Å². The zero-order valence-corrected chi connectivity index (χ0v) is 23.1. The number of rotatable bonds is 7. The van der Waals surface area contributed by atoms with Crippen LogP contribution in [0.3, 0.4) is 0 Å². The molecule has 0 bridgehead atoms. The number of amides is 1. The minimum atomic E-state index is -0.909. The zero-order chi connectivity index (χ0) is 27.6. The Kier molecular flexibility index (Phi) is 8.95. The van der Waals surface area contributed by atoms with Crippen LogP contribution in [0.1, 0.15) is 63.5 Å². The number of nitrogens with two attached hydrogens (primary N) is 1. The van der Waals surface area contributed by atoms with E-state index in [1.165, 1.54) is 4.57 Å². The number of carbonyl (C=O) groups excluding carboxylic acids is 2. The summed E-state index contributed by atoms with van der Waals surface area (Å²) in [4.78, 5) is 43.1. The lowest BCUT2D eigenvalue weighted by Gasteiger charge is -2.36. The Bertz CT molecular complexity index is 1200. The summed E-state index contributed by atoms with van der Waals surface area (Å²) in [5, 5.41) is 11.2. The molecule has 1 aliphatic carbocycles. The Labute approximate surface area is 224 Å². The van der Waals surface area contributed by atoms with Crippen molar-refractivity contribution in [1.82, 2.24) is 18.9 Å².